The number of nitrogens with zero attached hydrogens (tertiary/aromatic N) is 1. The Bertz CT molecular complexity index is 650. The zero-order chi connectivity index (χ0) is 21.7. The van der Waals surface area contributed by atoms with Crippen LogP contribution in [0.3, 0.4) is 0 Å². The van der Waals surface area contributed by atoms with Gasteiger partial charge in [-0.2, -0.15) is 0 Å². The summed E-state index contributed by atoms with van der Waals surface area (Å²) in [6.45, 7) is 23.4. The summed E-state index contributed by atoms with van der Waals surface area (Å²) in [6.07, 6.45) is 2.10. The standard InChI is InChI=1S/C23H31N.2C2H6/c1-7-18(5)21-11-15-23(16-12-21)24(19(6)8-2)22-13-9-20(10-14-22)17(3)4;2*1-2/h9-18H,6-8H2,1-5H3;2*1-2H3. The summed E-state index contributed by atoms with van der Waals surface area (Å²) in [6, 6.07) is 17.8. The molecule has 0 saturated heterocycles. The second-order valence-electron chi connectivity index (χ2n) is 6.90. The Balaban J connectivity index is 0.00000171. The number of hydrogen-bond acceptors (Lipinski definition) is 1. The van der Waals surface area contributed by atoms with Gasteiger partial charge in [0.2, 0.25) is 0 Å². The molecular formula is C27H43N. The quantitative estimate of drug-likeness (QED) is 0.461. The third-order valence-corrected chi connectivity index (χ3v) is 4.87. The van der Waals surface area contributed by atoms with Crippen LogP contribution >= 0.6 is 0 Å². The van der Waals surface area contributed by atoms with E-state index in [4.69, 9.17) is 0 Å². The molecule has 0 saturated carbocycles. The molecule has 156 valence electrons. The molecule has 2 aromatic carbocycles. The maximum atomic E-state index is 4.28. The number of benzene rings is 2. The molecule has 0 amide bonds. The van der Waals surface area contributed by atoms with Crippen LogP contribution in [-0.4, -0.2) is 0 Å². The Morgan fingerprint density at radius 1 is 0.750 bits per heavy atom. The predicted molar refractivity (Wildman–Crippen MR) is 130 cm³/mol. The van der Waals surface area contributed by atoms with E-state index in [2.05, 4.69) is 94.6 Å². The maximum Gasteiger partial charge on any atom is 0.0458 e. The molecule has 28 heavy (non-hydrogen) atoms. The lowest BCUT2D eigenvalue weighted by atomic mass is 9.98. The van der Waals surface area contributed by atoms with E-state index in [1.807, 2.05) is 27.7 Å². The molecule has 0 aliphatic heterocycles. The monoisotopic (exact) mass is 381 g/mol. The fourth-order valence-electron chi connectivity index (χ4n) is 2.87. The number of allylic oxidation sites excluding steroid dienone is 1. The SMILES string of the molecule is C=C(CC)N(c1ccc(C(C)C)cc1)c1ccc(C(C)CC)cc1.CC.CC. The molecule has 1 nitrogen and oxygen atoms in total. The minimum Gasteiger partial charge on any atom is -0.315 e. The van der Waals surface area contributed by atoms with Gasteiger partial charge in [-0.25, -0.2) is 0 Å². The van der Waals surface area contributed by atoms with Crippen LogP contribution in [0.1, 0.15) is 98.1 Å². The van der Waals surface area contributed by atoms with Gasteiger partial charge in [-0.1, -0.05) is 93.2 Å². The van der Waals surface area contributed by atoms with Crippen molar-refractivity contribution in [3.8, 4) is 0 Å². The molecule has 1 unspecified atom stereocenters. The van der Waals surface area contributed by atoms with Crippen LogP contribution in [0.15, 0.2) is 60.8 Å². The summed E-state index contributed by atoms with van der Waals surface area (Å²) in [5.41, 5.74) is 6.25. The average molecular weight is 382 g/mol. The van der Waals surface area contributed by atoms with Crippen LogP contribution in [0.4, 0.5) is 11.4 Å². The average Bonchev–Trinajstić information content (AvgIpc) is 2.76. The van der Waals surface area contributed by atoms with Crippen molar-refractivity contribution in [2.45, 2.75) is 87.0 Å². The summed E-state index contributed by atoms with van der Waals surface area (Å²) in [5.74, 6) is 1.16. The van der Waals surface area contributed by atoms with Crippen molar-refractivity contribution in [1.82, 2.24) is 0 Å². The third kappa shape index (κ3) is 7.19. The lowest BCUT2D eigenvalue weighted by Gasteiger charge is -2.27. The van der Waals surface area contributed by atoms with Crippen LogP contribution in [0, 0.1) is 0 Å². The first-order valence-electron chi connectivity index (χ1n) is 11.2. The number of anilines is 2. The van der Waals surface area contributed by atoms with E-state index in [-0.39, 0.29) is 0 Å². The van der Waals surface area contributed by atoms with E-state index >= 15 is 0 Å². The van der Waals surface area contributed by atoms with Crippen molar-refractivity contribution in [3.63, 3.8) is 0 Å². The highest BCUT2D eigenvalue weighted by molar-refractivity contribution is 5.68. The molecule has 0 aromatic heterocycles. The smallest absolute Gasteiger partial charge is 0.0458 e. The molecule has 0 fully saturated rings. The molecule has 0 N–H and O–H groups in total. The molecule has 0 radical (unpaired) electrons. The van der Waals surface area contributed by atoms with Gasteiger partial charge in [0.05, 0.1) is 0 Å². The van der Waals surface area contributed by atoms with E-state index in [1.54, 1.807) is 0 Å². The molecule has 0 bridgehead atoms. The van der Waals surface area contributed by atoms with Crippen molar-refractivity contribution in [2.75, 3.05) is 4.90 Å². The maximum absolute atomic E-state index is 4.28. The zero-order valence-electron chi connectivity index (χ0n) is 19.8. The van der Waals surface area contributed by atoms with Crippen molar-refractivity contribution in [3.05, 3.63) is 71.9 Å². The highest BCUT2D eigenvalue weighted by atomic mass is 15.1. The topological polar surface area (TPSA) is 3.24 Å². The van der Waals surface area contributed by atoms with Crippen molar-refractivity contribution >= 4 is 11.4 Å². The molecule has 1 atom stereocenters. The zero-order valence-corrected chi connectivity index (χ0v) is 19.8. The van der Waals surface area contributed by atoms with E-state index in [0.717, 1.165) is 12.1 Å². The second kappa shape index (κ2) is 14.0. The third-order valence-electron chi connectivity index (χ3n) is 4.87. The number of rotatable bonds is 7. The molecule has 2 aromatic rings. The first-order chi connectivity index (χ1) is 13.5. The number of hydrogen-bond donors (Lipinski definition) is 0. The molecule has 2 rings (SSSR count). The Hall–Kier alpha value is -2.02. The van der Waals surface area contributed by atoms with Gasteiger partial charge in [0.15, 0.2) is 0 Å². The fourth-order valence-corrected chi connectivity index (χ4v) is 2.87. The predicted octanol–water partition coefficient (Wildman–Crippen LogP) is 9.44. The van der Waals surface area contributed by atoms with Gasteiger partial charge in [-0.3, -0.25) is 0 Å². The lowest BCUT2D eigenvalue weighted by Crippen LogP contribution is -2.15. The highest BCUT2D eigenvalue weighted by Gasteiger charge is 2.13. The van der Waals surface area contributed by atoms with E-state index in [0.29, 0.717) is 11.8 Å². The molecule has 0 aliphatic rings. The van der Waals surface area contributed by atoms with Gasteiger partial charge >= 0.3 is 0 Å². The Morgan fingerprint density at radius 2 is 1.14 bits per heavy atom. The van der Waals surface area contributed by atoms with Gasteiger partial charge in [0, 0.05) is 17.1 Å². The van der Waals surface area contributed by atoms with E-state index in [9.17, 15) is 0 Å². The van der Waals surface area contributed by atoms with E-state index in [1.165, 1.54) is 28.9 Å². The van der Waals surface area contributed by atoms with Gasteiger partial charge in [0.25, 0.3) is 0 Å². The Kier molecular flexibility index (Phi) is 13.0. The lowest BCUT2D eigenvalue weighted by molar-refractivity contribution is 0.733. The van der Waals surface area contributed by atoms with Gasteiger partial charge in [0.1, 0.15) is 0 Å². The summed E-state index contributed by atoms with van der Waals surface area (Å²) in [7, 11) is 0. The summed E-state index contributed by atoms with van der Waals surface area (Å²) in [5, 5.41) is 0. The molecular weight excluding hydrogens is 338 g/mol. The summed E-state index contributed by atoms with van der Waals surface area (Å²) >= 11 is 0. The fraction of sp³-hybridized carbons (Fsp3) is 0.481. The molecule has 0 heterocycles. The normalized spacial score (nSPS) is 10.9. The van der Waals surface area contributed by atoms with Crippen LogP contribution < -0.4 is 4.90 Å². The van der Waals surface area contributed by atoms with Gasteiger partial charge in [-0.15, -0.1) is 0 Å². The first kappa shape index (κ1) is 26.0. The van der Waals surface area contributed by atoms with Crippen LogP contribution in [0.5, 0.6) is 0 Å². The molecule has 0 spiro atoms. The first-order valence-corrected chi connectivity index (χ1v) is 11.2. The molecule has 1 heteroatoms. The largest absolute Gasteiger partial charge is 0.315 e. The minimum absolute atomic E-state index is 0.552. The summed E-state index contributed by atoms with van der Waals surface area (Å²) < 4.78 is 0. The highest BCUT2D eigenvalue weighted by Crippen LogP contribution is 2.32. The van der Waals surface area contributed by atoms with Crippen molar-refractivity contribution in [2.24, 2.45) is 0 Å². The van der Waals surface area contributed by atoms with E-state index < -0.39 is 0 Å². The van der Waals surface area contributed by atoms with Crippen LogP contribution in [0.2, 0.25) is 0 Å². The van der Waals surface area contributed by atoms with Gasteiger partial charge < -0.3 is 4.90 Å². The van der Waals surface area contributed by atoms with Crippen molar-refractivity contribution in [1.29, 1.82) is 0 Å². The Labute approximate surface area is 175 Å². The summed E-state index contributed by atoms with van der Waals surface area (Å²) in [4.78, 5) is 2.27. The Morgan fingerprint density at radius 3 is 1.46 bits per heavy atom. The minimum atomic E-state index is 0.552. The molecule has 0 aliphatic carbocycles. The van der Waals surface area contributed by atoms with Gasteiger partial charge in [-0.05, 0) is 60.1 Å². The van der Waals surface area contributed by atoms with Crippen molar-refractivity contribution < 1.29 is 0 Å². The van der Waals surface area contributed by atoms with Crippen LogP contribution in [-0.2, 0) is 0 Å². The second-order valence-corrected chi connectivity index (χ2v) is 6.90. The van der Waals surface area contributed by atoms with Crippen LogP contribution in [0.25, 0.3) is 0 Å².